The molecule has 0 aliphatic carbocycles. The van der Waals surface area contributed by atoms with E-state index in [9.17, 15) is 13.2 Å². The van der Waals surface area contributed by atoms with E-state index in [-0.39, 0.29) is 40.4 Å². The number of pyridine rings is 1. The lowest BCUT2D eigenvalue weighted by Gasteiger charge is -2.38. The van der Waals surface area contributed by atoms with Gasteiger partial charge in [0.05, 0.1) is 29.6 Å². The van der Waals surface area contributed by atoms with Crippen molar-refractivity contribution in [3.05, 3.63) is 54.5 Å². The molecule has 3 atom stereocenters. The van der Waals surface area contributed by atoms with Gasteiger partial charge in [0.15, 0.2) is 20.5 Å². The van der Waals surface area contributed by atoms with E-state index in [1.54, 1.807) is 19.5 Å². The van der Waals surface area contributed by atoms with Gasteiger partial charge in [-0.05, 0) is 43.9 Å². The highest BCUT2D eigenvalue weighted by Gasteiger charge is 2.46. The zero-order valence-electron chi connectivity index (χ0n) is 22.8. The van der Waals surface area contributed by atoms with Gasteiger partial charge in [0.25, 0.3) is 5.91 Å². The Morgan fingerprint density at radius 2 is 1.93 bits per heavy atom. The molecule has 2 bridgehead atoms. The molecule has 0 spiro atoms. The Labute approximate surface area is 244 Å². The molecule has 2 aliphatic rings. The Morgan fingerprint density at radius 3 is 2.55 bits per heavy atom. The Balaban J connectivity index is 1.27. The number of nitrogens with zero attached hydrogens (tertiary/aromatic N) is 7. The molecule has 7 heterocycles. The number of thiophene rings is 1. The molecule has 0 unspecified atom stereocenters. The maximum Gasteiger partial charge on any atom is 0.292 e. The van der Waals surface area contributed by atoms with Gasteiger partial charge in [-0.2, -0.15) is 9.61 Å². The summed E-state index contributed by atoms with van der Waals surface area (Å²) in [5.41, 5.74) is 9.65. The number of fused-ring (bicyclic) bond motifs is 3. The van der Waals surface area contributed by atoms with Gasteiger partial charge in [-0.15, -0.1) is 10.2 Å². The molecule has 1 amide bonds. The Hall–Kier alpha value is -4.37. The number of sulfone groups is 1. The summed E-state index contributed by atoms with van der Waals surface area (Å²) < 4.78 is 32.8. The summed E-state index contributed by atoms with van der Waals surface area (Å²) in [5, 5.41) is 12.8. The number of ether oxygens (including phenoxy) is 1. The number of aromatic nitrogens is 7. The van der Waals surface area contributed by atoms with E-state index < -0.39 is 9.84 Å². The molecule has 2 aliphatic heterocycles. The van der Waals surface area contributed by atoms with Crippen LogP contribution in [0.25, 0.3) is 27.3 Å². The minimum atomic E-state index is -3.75. The third-order valence-corrected chi connectivity index (χ3v) is 10.3. The van der Waals surface area contributed by atoms with E-state index in [1.165, 1.54) is 22.2 Å². The van der Waals surface area contributed by atoms with Gasteiger partial charge in [-0.3, -0.25) is 9.78 Å². The molecule has 2 fully saturated rings. The predicted octanol–water partition coefficient (Wildman–Crippen LogP) is 3.18. The first-order valence-corrected chi connectivity index (χ1v) is 16.1. The monoisotopic (exact) mass is 605 g/mol. The fraction of sp³-hybridized carbons (Fsp3) is 0.333. The summed E-state index contributed by atoms with van der Waals surface area (Å²) in [6.45, 7) is 0. The second kappa shape index (κ2) is 9.87. The summed E-state index contributed by atoms with van der Waals surface area (Å²) >= 11 is 1.50. The first-order valence-electron chi connectivity index (χ1n) is 13.4. The number of nitrogens with one attached hydrogen (secondary N) is 1. The van der Waals surface area contributed by atoms with Gasteiger partial charge < -0.3 is 20.4 Å². The number of nitrogens with two attached hydrogens (primary N) is 1. The Morgan fingerprint density at radius 1 is 1.14 bits per heavy atom. The molecule has 3 N–H and O–H groups in total. The van der Waals surface area contributed by atoms with Crippen molar-refractivity contribution in [1.29, 1.82) is 0 Å². The molecule has 7 rings (SSSR count). The maximum absolute atomic E-state index is 13.2. The van der Waals surface area contributed by atoms with E-state index in [0.29, 0.717) is 29.7 Å². The van der Waals surface area contributed by atoms with Crippen molar-refractivity contribution >= 4 is 38.5 Å². The van der Waals surface area contributed by atoms with Crippen LogP contribution in [0.3, 0.4) is 0 Å². The number of amides is 1. The van der Waals surface area contributed by atoms with Crippen LogP contribution in [0.2, 0.25) is 0 Å². The van der Waals surface area contributed by atoms with Crippen LogP contribution in [0.1, 0.15) is 47.9 Å². The highest BCUT2D eigenvalue weighted by Crippen LogP contribution is 2.45. The lowest BCUT2D eigenvalue weighted by molar-refractivity contribution is 0.0556. The van der Waals surface area contributed by atoms with E-state index in [0.717, 1.165) is 40.3 Å². The van der Waals surface area contributed by atoms with Crippen molar-refractivity contribution in [2.45, 2.75) is 48.6 Å². The molecular formula is C27H27N9O4S2. The van der Waals surface area contributed by atoms with Crippen LogP contribution in [-0.4, -0.2) is 79.4 Å². The number of methoxy groups -OCH3 is 1. The van der Waals surface area contributed by atoms with Crippen LogP contribution in [0.15, 0.2) is 47.9 Å². The predicted molar refractivity (Wildman–Crippen MR) is 155 cm³/mol. The smallest absolute Gasteiger partial charge is 0.292 e. The SMILES string of the molecule is COc1ccc(-c2ccc(-c3cnn4c(N)c(S(C)(=O)=O)c([C@@H]5C[C@H]6CC[C@@H](C5)N6C(=O)c5nnc[nH]5)nc34)cn2)s1. The van der Waals surface area contributed by atoms with Gasteiger partial charge in [0, 0.05) is 41.6 Å². The number of carbonyl (C=O) groups is 1. The lowest BCUT2D eigenvalue weighted by Crippen LogP contribution is -2.46. The van der Waals surface area contributed by atoms with Crippen molar-refractivity contribution in [3.8, 4) is 26.8 Å². The maximum atomic E-state index is 13.2. The normalized spacial score (nSPS) is 20.3. The molecule has 13 nitrogen and oxygen atoms in total. The van der Waals surface area contributed by atoms with Crippen molar-refractivity contribution in [2.75, 3.05) is 19.1 Å². The Kier molecular flexibility index (Phi) is 6.23. The van der Waals surface area contributed by atoms with Gasteiger partial charge in [-0.1, -0.05) is 17.4 Å². The average molecular weight is 606 g/mol. The second-order valence-electron chi connectivity index (χ2n) is 10.6. The van der Waals surface area contributed by atoms with Crippen molar-refractivity contribution < 1.29 is 17.9 Å². The van der Waals surface area contributed by atoms with Crippen LogP contribution in [0, 0.1) is 0 Å². The zero-order chi connectivity index (χ0) is 29.2. The van der Waals surface area contributed by atoms with E-state index >= 15 is 0 Å². The highest BCUT2D eigenvalue weighted by atomic mass is 32.2. The van der Waals surface area contributed by atoms with Gasteiger partial charge in [0.1, 0.15) is 17.0 Å². The lowest BCUT2D eigenvalue weighted by atomic mass is 9.87. The minimum absolute atomic E-state index is 0.0100. The van der Waals surface area contributed by atoms with Crippen LogP contribution >= 0.6 is 11.3 Å². The molecular weight excluding hydrogens is 578 g/mol. The van der Waals surface area contributed by atoms with E-state index in [4.69, 9.17) is 15.5 Å². The summed E-state index contributed by atoms with van der Waals surface area (Å²) in [7, 11) is -2.12. The van der Waals surface area contributed by atoms with Gasteiger partial charge in [0.2, 0.25) is 5.82 Å². The fourth-order valence-electron chi connectivity index (χ4n) is 6.31. The number of H-pyrrole nitrogens is 1. The van der Waals surface area contributed by atoms with Gasteiger partial charge in [-0.25, -0.2) is 13.4 Å². The topological polar surface area (TPSA) is 174 Å². The molecule has 216 valence electrons. The number of aromatic amines is 1. The van der Waals surface area contributed by atoms with Crippen LogP contribution in [-0.2, 0) is 9.84 Å². The number of nitrogen functional groups attached to an aromatic ring is 1. The van der Waals surface area contributed by atoms with Crippen LogP contribution in [0.5, 0.6) is 5.06 Å². The molecule has 0 aromatic carbocycles. The van der Waals surface area contributed by atoms with Crippen LogP contribution < -0.4 is 10.5 Å². The third-order valence-electron chi connectivity index (χ3n) is 8.12. The summed E-state index contributed by atoms with van der Waals surface area (Å²) in [4.78, 5) is 28.4. The molecule has 2 saturated heterocycles. The first kappa shape index (κ1) is 26.5. The fourth-order valence-corrected chi connectivity index (χ4v) is 8.17. The molecule has 42 heavy (non-hydrogen) atoms. The minimum Gasteiger partial charge on any atom is -0.487 e. The molecule has 15 heteroatoms. The number of rotatable bonds is 6. The highest BCUT2D eigenvalue weighted by molar-refractivity contribution is 7.91. The number of hydrogen-bond acceptors (Lipinski definition) is 11. The molecule has 0 radical (unpaired) electrons. The number of anilines is 1. The Bertz CT molecular complexity index is 1900. The first-order chi connectivity index (χ1) is 20.2. The third kappa shape index (κ3) is 4.30. The quantitative estimate of drug-likeness (QED) is 0.292. The number of carbonyl (C=O) groups excluding carboxylic acids is 1. The average Bonchev–Trinajstić information content (AvgIpc) is 3.78. The summed E-state index contributed by atoms with van der Waals surface area (Å²) in [6.07, 6.45) is 8.65. The standard InChI is InChI=1S/C27H27N9O4S2/c1-40-21-8-7-20(41-21)19-6-3-14(11-29-19)18-12-32-36-24(28)23(42(2,38)39)22(33-26(18)36)15-9-16-4-5-17(10-15)35(16)27(37)25-30-13-31-34-25/h3,6-8,11-13,15-17H,4-5,9-10,28H2,1-2H3,(H,30,31,34)/t15-,16-,17+. The largest absolute Gasteiger partial charge is 0.487 e. The summed E-state index contributed by atoms with van der Waals surface area (Å²) in [5.74, 6) is -0.186. The second-order valence-corrected chi connectivity index (χ2v) is 13.6. The zero-order valence-corrected chi connectivity index (χ0v) is 24.4. The number of hydrogen-bond donors (Lipinski definition) is 2. The van der Waals surface area contributed by atoms with Crippen molar-refractivity contribution in [2.24, 2.45) is 0 Å². The summed E-state index contributed by atoms with van der Waals surface area (Å²) in [6, 6.07) is 7.55. The molecule has 5 aromatic rings. The van der Waals surface area contributed by atoms with E-state index in [1.807, 2.05) is 29.2 Å². The van der Waals surface area contributed by atoms with Crippen molar-refractivity contribution in [3.63, 3.8) is 0 Å². The number of piperidine rings is 1. The van der Waals surface area contributed by atoms with Crippen LogP contribution in [0.4, 0.5) is 5.82 Å². The van der Waals surface area contributed by atoms with E-state index in [2.05, 4.69) is 25.3 Å². The van der Waals surface area contributed by atoms with Crippen molar-refractivity contribution in [1.82, 2.24) is 39.7 Å². The molecule has 5 aromatic heterocycles. The van der Waals surface area contributed by atoms with Gasteiger partial charge >= 0.3 is 0 Å². The molecule has 0 saturated carbocycles.